The van der Waals surface area contributed by atoms with Crippen LogP contribution in [0.2, 0.25) is 0 Å². The smallest absolute Gasteiger partial charge is 0.457 e. The van der Waals surface area contributed by atoms with Crippen LogP contribution >= 0.6 is 7.82 Å². The SMILES string of the molecule is CC/C=C\C/C=C\C/C=C\C/C=C\CCCCCCCCC(=O)OC(COCCCCCCCCCCCCCCCC/C=C\CCCCCCCCCC)COP(=O)(O)OCC[N+](C)(C)C. The van der Waals surface area contributed by atoms with Crippen LogP contribution in [0, 0.1) is 0 Å². The molecule has 0 spiro atoms. The van der Waals surface area contributed by atoms with Crippen LogP contribution in [0.4, 0.5) is 0 Å². The van der Waals surface area contributed by atoms with Crippen molar-refractivity contribution in [1.29, 1.82) is 0 Å². The van der Waals surface area contributed by atoms with E-state index in [0.29, 0.717) is 24.1 Å². The molecule has 0 radical (unpaired) electrons. The fraction of sp³-hybridized carbons (Fsp3) is 0.810. The van der Waals surface area contributed by atoms with E-state index in [-0.39, 0.29) is 25.8 Å². The monoisotopic (exact) mass is 963 g/mol. The van der Waals surface area contributed by atoms with Crippen LogP contribution in [-0.2, 0) is 27.9 Å². The Morgan fingerprint density at radius 3 is 1.31 bits per heavy atom. The Hall–Kier alpha value is -1.80. The Balaban J connectivity index is 4.08. The average Bonchev–Trinajstić information content (AvgIpc) is 3.29. The lowest BCUT2D eigenvalue weighted by Gasteiger charge is -2.24. The van der Waals surface area contributed by atoms with E-state index in [9.17, 15) is 14.3 Å². The number of esters is 1. The van der Waals surface area contributed by atoms with Gasteiger partial charge in [-0.25, -0.2) is 4.57 Å². The number of nitrogens with zero attached hydrogens (tertiary/aromatic N) is 1. The predicted octanol–water partition coefficient (Wildman–Crippen LogP) is 17.6. The maximum absolute atomic E-state index is 12.8. The summed E-state index contributed by atoms with van der Waals surface area (Å²) in [5, 5.41) is 0. The molecule has 0 amide bonds. The second-order valence-electron chi connectivity index (χ2n) is 19.9. The molecule has 0 aromatic heterocycles. The zero-order valence-electron chi connectivity index (χ0n) is 44.6. The lowest BCUT2D eigenvalue weighted by atomic mass is 10.0. The van der Waals surface area contributed by atoms with Gasteiger partial charge in [-0.3, -0.25) is 13.8 Å². The number of carbonyl (C=O) groups excluding carboxylic acids is 1. The second kappa shape index (κ2) is 50.6. The first-order chi connectivity index (χ1) is 32.6. The minimum absolute atomic E-state index is 0.0841. The van der Waals surface area contributed by atoms with Crippen LogP contribution in [0.3, 0.4) is 0 Å². The highest BCUT2D eigenvalue weighted by atomic mass is 31.2. The highest BCUT2D eigenvalue weighted by Crippen LogP contribution is 2.43. The van der Waals surface area contributed by atoms with Crippen LogP contribution in [0.1, 0.15) is 245 Å². The Kier molecular flexibility index (Phi) is 49.2. The molecule has 8 nitrogen and oxygen atoms in total. The molecule has 0 aromatic rings. The zero-order valence-corrected chi connectivity index (χ0v) is 45.5. The fourth-order valence-electron chi connectivity index (χ4n) is 7.78. The molecule has 2 unspecified atom stereocenters. The number of allylic oxidation sites excluding steroid dienone is 10. The number of quaternary nitrogens is 1. The van der Waals surface area contributed by atoms with E-state index in [1.807, 2.05) is 21.1 Å². The Labute approximate surface area is 415 Å². The molecular weight excluding hydrogens is 854 g/mol. The minimum atomic E-state index is -4.29. The molecule has 0 rings (SSSR count). The first-order valence-electron chi connectivity index (χ1n) is 28.0. The maximum atomic E-state index is 12.8. The van der Waals surface area contributed by atoms with Crippen LogP contribution in [0.15, 0.2) is 60.8 Å². The number of phosphoric ester groups is 1. The van der Waals surface area contributed by atoms with Gasteiger partial charge in [0.05, 0.1) is 34.4 Å². The highest BCUT2D eigenvalue weighted by Gasteiger charge is 2.26. The van der Waals surface area contributed by atoms with E-state index in [4.69, 9.17) is 18.5 Å². The number of ether oxygens (including phenoxy) is 2. The Morgan fingerprint density at radius 2 is 0.866 bits per heavy atom. The van der Waals surface area contributed by atoms with Crippen molar-refractivity contribution < 1.29 is 37.3 Å². The summed E-state index contributed by atoms with van der Waals surface area (Å²) in [5.74, 6) is -0.326. The van der Waals surface area contributed by atoms with Gasteiger partial charge in [0.25, 0.3) is 0 Å². The first-order valence-corrected chi connectivity index (χ1v) is 29.5. The molecule has 0 aliphatic carbocycles. The first kappa shape index (κ1) is 65.2. The topological polar surface area (TPSA) is 91.3 Å². The summed E-state index contributed by atoms with van der Waals surface area (Å²) in [6.07, 6.45) is 65.7. The molecule has 0 fully saturated rings. The number of rotatable bonds is 52. The van der Waals surface area contributed by atoms with E-state index in [1.54, 1.807) is 0 Å². The molecule has 0 saturated heterocycles. The fourth-order valence-corrected chi connectivity index (χ4v) is 8.52. The summed E-state index contributed by atoms with van der Waals surface area (Å²) in [4.78, 5) is 23.0. The molecule has 0 saturated carbocycles. The van der Waals surface area contributed by atoms with Crippen LogP contribution in [0.25, 0.3) is 0 Å². The van der Waals surface area contributed by atoms with Crippen molar-refractivity contribution in [2.45, 2.75) is 251 Å². The van der Waals surface area contributed by atoms with Gasteiger partial charge in [0, 0.05) is 13.0 Å². The number of likely N-dealkylation sites (N-methyl/N-ethyl adjacent to an activating group) is 1. The van der Waals surface area contributed by atoms with Crippen LogP contribution in [0.5, 0.6) is 0 Å². The molecule has 0 aliphatic rings. The van der Waals surface area contributed by atoms with Crippen molar-refractivity contribution in [3.05, 3.63) is 60.8 Å². The number of hydrogen-bond donors (Lipinski definition) is 1. The van der Waals surface area contributed by atoms with Crippen molar-refractivity contribution >= 4 is 13.8 Å². The van der Waals surface area contributed by atoms with Crippen LogP contribution < -0.4 is 0 Å². The van der Waals surface area contributed by atoms with Crippen molar-refractivity contribution in [3.63, 3.8) is 0 Å². The van der Waals surface area contributed by atoms with Crippen LogP contribution in [-0.4, -0.2) is 75.6 Å². The van der Waals surface area contributed by atoms with Crippen molar-refractivity contribution in [2.75, 3.05) is 54.1 Å². The third-order valence-electron chi connectivity index (χ3n) is 12.1. The third kappa shape index (κ3) is 55.0. The number of unbranched alkanes of at least 4 members (excludes halogenated alkanes) is 28. The molecule has 2 atom stereocenters. The van der Waals surface area contributed by atoms with Crippen molar-refractivity contribution in [3.8, 4) is 0 Å². The van der Waals surface area contributed by atoms with E-state index >= 15 is 0 Å². The minimum Gasteiger partial charge on any atom is -0.457 e. The summed E-state index contributed by atoms with van der Waals surface area (Å²) in [6.45, 7) is 5.52. The van der Waals surface area contributed by atoms with E-state index in [2.05, 4.69) is 74.6 Å². The third-order valence-corrected chi connectivity index (χ3v) is 13.0. The van der Waals surface area contributed by atoms with Gasteiger partial charge in [-0.05, 0) is 77.0 Å². The van der Waals surface area contributed by atoms with E-state index in [0.717, 1.165) is 70.6 Å². The largest absolute Gasteiger partial charge is 0.472 e. The Bertz CT molecular complexity index is 1260. The van der Waals surface area contributed by atoms with Gasteiger partial charge in [0.1, 0.15) is 19.3 Å². The van der Waals surface area contributed by atoms with E-state index < -0.39 is 13.9 Å². The van der Waals surface area contributed by atoms with Gasteiger partial charge in [0.15, 0.2) is 0 Å². The van der Waals surface area contributed by atoms with Gasteiger partial charge < -0.3 is 18.9 Å². The number of carbonyl (C=O) groups is 1. The lowest BCUT2D eigenvalue weighted by Crippen LogP contribution is -2.37. The molecular formula is C58H109NO7P+. The lowest BCUT2D eigenvalue weighted by molar-refractivity contribution is -0.870. The highest BCUT2D eigenvalue weighted by molar-refractivity contribution is 7.47. The zero-order chi connectivity index (χ0) is 49.0. The standard InChI is InChI=1S/C58H108NO7P/c1-6-8-10-12-14-16-18-20-22-24-26-27-28-29-30-31-32-34-36-38-40-42-44-46-48-50-53-63-55-57(56-65-67(61,62)64-54-52-59(3,4)5)66-58(60)51-49-47-45-43-41-39-37-35-33-25-23-21-19-17-15-13-11-9-7-2/h9,11,15,17,21,23-24,26,33,35,57H,6-8,10,12-14,16,18-20,22,25,27-32,34,36-56H2,1-5H3/p+1/b11-9-,17-15-,23-21-,26-24-,35-33-. The molecule has 0 aromatic carbocycles. The molecule has 9 heteroatoms. The molecule has 392 valence electrons. The van der Waals surface area contributed by atoms with Gasteiger partial charge in [-0.1, -0.05) is 222 Å². The Morgan fingerprint density at radius 1 is 0.478 bits per heavy atom. The molecule has 67 heavy (non-hydrogen) atoms. The average molecular weight is 963 g/mol. The number of hydrogen-bond acceptors (Lipinski definition) is 6. The second-order valence-corrected chi connectivity index (χ2v) is 21.4. The summed E-state index contributed by atoms with van der Waals surface area (Å²) < 4.78 is 35.2. The summed E-state index contributed by atoms with van der Waals surface area (Å²) in [7, 11) is 1.66. The molecule has 0 aliphatic heterocycles. The molecule has 0 heterocycles. The quantitative estimate of drug-likeness (QED) is 0.0213. The summed E-state index contributed by atoms with van der Waals surface area (Å²) in [6, 6.07) is 0. The van der Waals surface area contributed by atoms with E-state index in [1.165, 1.54) is 154 Å². The van der Waals surface area contributed by atoms with Gasteiger partial charge in [0.2, 0.25) is 0 Å². The maximum Gasteiger partial charge on any atom is 0.472 e. The summed E-state index contributed by atoms with van der Waals surface area (Å²) in [5.41, 5.74) is 0. The van der Waals surface area contributed by atoms with Gasteiger partial charge >= 0.3 is 13.8 Å². The van der Waals surface area contributed by atoms with Gasteiger partial charge in [-0.15, -0.1) is 0 Å². The van der Waals surface area contributed by atoms with Gasteiger partial charge in [-0.2, -0.15) is 0 Å². The van der Waals surface area contributed by atoms with Crippen molar-refractivity contribution in [1.82, 2.24) is 0 Å². The summed E-state index contributed by atoms with van der Waals surface area (Å²) >= 11 is 0. The normalized spacial score (nSPS) is 13.9. The molecule has 0 bridgehead atoms. The number of phosphoric acid groups is 1. The van der Waals surface area contributed by atoms with Crippen molar-refractivity contribution in [2.24, 2.45) is 0 Å². The molecule has 1 N–H and O–H groups in total. The predicted molar refractivity (Wildman–Crippen MR) is 289 cm³/mol.